The van der Waals surface area contributed by atoms with Crippen molar-refractivity contribution in [2.45, 2.75) is 25.5 Å². The Morgan fingerprint density at radius 1 is 0.941 bits per heavy atom. The second-order valence-corrected chi connectivity index (χ2v) is 13.4. The molecule has 2 saturated heterocycles. The topological polar surface area (TPSA) is 84.8 Å². The van der Waals surface area contributed by atoms with E-state index in [1.807, 2.05) is 25.1 Å². The molecule has 0 aliphatic carbocycles. The highest BCUT2D eigenvalue weighted by Crippen LogP contribution is 2.42. The van der Waals surface area contributed by atoms with Gasteiger partial charge in [0.1, 0.15) is 41.5 Å². The van der Waals surface area contributed by atoms with E-state index in [0.29, 0.717) is 25.2 Å². The minimum Gasteiger partial charge on any atom is -0.493 e. The first-order valence-corrected chi connectivity index (χ1v) is 17.1. The van der Waals surface area contributed by atoms with Crippen molar-refractivity contribution < 1.29 is 27.4 Å². The van der Waals surface area contributed by atoms with Crippen molar-refractivity contribution in [3.63, 3.8) is 0 Å². The molecule has 2 atom stereocenters. The van der Waals surface area contributed by atoms with E-state index in [1.54, 1.807) is 23.1 Å². The molecule has 1 N–H and O–H groups in total. The van der Waals surface area contributed by atoms with Crippen LogP contribution in [0.3, 0.4) is 0 Å². The van der Waals surface area contributed by atoms with E-state index in [-0.39, 0.29) is 28.7 Å². The van der Waals surface area contributed by atoms with Crippen LogP contribution in [0.15, 0.2) is 91.5 Å². The van der Waals surface area contributed by atoms with E-state index in [1.165, 1.54) is 30.6 Å². The Bertz CT molecular complexity index is 2010. The van der Waals surface area contributed by atoms with Gasteiger partial charge in [-0.05, 0) is 85.6 Å². The highest BCUT2D eigenvalue weighted by Gasteiger charge is 2.44. The first-order chi connectivity index (χ1) is 24.7. The molecule has 2 aliphatic heterocycles. The fourth-order valence-electron chi connectivity index (χ4n) is 6.82. The minimum absolute atomic E-state index is 0.0277. The lowest BCUT2D eigenvalue weighted by atomic mass is 9.87. The summed E-state index contributed by atoms with van der Waals surface area (Å²) in [6.07, 6.45) is 3.43. The minimum atomic E-state index is -1.03. The molecule has 264 valence electrons. The summed E-state index contributed by atoms with van der Waals surface area (Å²) in [4.78, 5) is 21.3. The molecule has 0 saturated carbocycles. The number of rotatable bonds is 10. The summed E-state index contributed by atoms with van der Waals surface area (Å²) < 4.78 is 57.0. The normalized spacial score (nSPS) is 19.0. The zero-order chi connectivity index (χ0) is 35.5. The second-order valence-electron chi connectivity index (χ2n) is 13.0. The van der Waals surface area contributed by atoms with Gasteiger partial charge < -0.3 is 24.6 Å². The Labute approximate surface area is 298 Å². The third kappa shape index (κ3) is 7.67. The van der Waals surface area contributed by atoms with Crippen LogP contribution < -0.4 is 19.9 Å². The number of carbonyl (C=O) groups excluding carboxylic acids is 1. The van der Waals surface area contributed by atoms with Crippen molar-refractivity contribution in [3.8, 4) is 5.75 Å². The number of ether oxygens (including phenoxy) is 2. The molecule has 7 rings (SSSR count). The molecule has 5 aromatic rings. The van der Waals surface area contributed by atoms with Crippen LogP contribution in [0.5, 0.6) is 5.75 Å². The van der Waals surface area contributed by atoms with Gasteiger partial charge in [0.15, 0.2) is 0 Å². The van der Waals surface area contributed by atoms with Gasteiger partial charge in [-0.3, -0.25) is 4.79 Å². The third-order valence-electron chi connectivity index (χ3n) is 9.47. The number of nitrogens with zero attached hydrogens (tertiary/aromatic N) is 5. The predicted molar refractivity (Wildman–Crippen MR) is 189 cm³/mol. The average molecular weight is 717 g/mol. The van der Waals surface area contributed by atoms with Crippen molar-refractivity contribution in [2.24, 2.45) is 5.92 Å². The number of anilines is 3. The highest BCUT2D eigenvalue weighted by molar-refractivity contribution is 6.30. The number of amides is 1. The van der Waals surface area contributed by atoms with Gasteiger partial charge in [0, 0.05) is 65.7 Å². The van der Waals surface area contributed by atoms with E-state index in [2.05, 4.69) is 37.3 Å². The Balaban J connectivity index is 0.927. The number of aryl methyl sites for hydroxylation is 1. The number of nitrogens with one attached hydrogen (secondary N) is 1. The molecule has 1 amide bonds. The van der Waals surface area contributed by atoms with E-state index in [4.69, 9.17) is 21.1 Å². The summed E-state index contributed by atoms with van der Waals surface area (Å²) >= 11 is 5.81. The van der Waals surface area contributed by atoms with Crippen LogP contribution in [0.4, 0.5) is 30.2 Å². The molecule has 0 spiro atoms. The monoisotopic (exact) mass is 716 g/mol. The summed E-state index contributed by atoms with van der Waals surface area (Å²) in [6, 6.07) is 21.1. The molecule has 0 bridgehead atoms. The van der Waals surface area contributed by atoms with Crippen LogP contribution in [-0.4, -0.2) is 60.1 Å². The Morgan fingerprint density at radius 2 is 1.69 bits per heavy atom. The molecular formula is C38H36ClF3N6O3. The predicted octanol–water partition coefficient (Wildman–Crippen LogP) is 7.25. The smallest absolute Gasteiger partial charge is 0.255 e. The molecule has 3 heterocycles. The van der Waals surface area contributed by atoms with Crippen LogP contribution >= 0.6 is 11.6 Å². The molecule has 0 radical (unpaired) electrons. The number of halogens is 4. The average Bonchev–Trinajstić information content (AvgIpc) is 3.79. The molecule has 0 unspecified atom stereocenters. The van der Waals surface area contributed by atoms with Gasteiger partial charge in [-0.1, -0.05) is 17.7 Å². The van der Waals surface area contributed by atoms with Gasteiger partial charge in [0.25, 0.3) is 5.91 Å². The lowest BCUT2D eigenvalue weighted by Crippen LogP contribution is -2.46. The van der Waals surface area contributed by atoms with Gasteiger partial charge in [-0.2, -0.15) is 5.10 Å². The molecule has 13 heteroatoms. The molecular weight excluding hydrogens is 681 g/mol. The van der Waals surface area contributed by atoms with Crippen LogP contribution in [0, 0.1) is 30.3 Å². The Kier molecular flexibility index (Phi) is 9.88. The van der Waals surface area contributed by atoms with Gasteiger partial charge in [0.2, 0.25) is 0 Å². The molecule has 2 aliphatic rings. The van der Waals surface area contributed by atoms with Crippen LogP contribution in [0.1, 0.15) is 27.9 Å². The zero-order valence-electron chi connectivity index (χ0n) is 27.9. The largest absolute Gasteiger partial charge is 0.493 e. The van der Waals surface area contributed by atoms with Crippen molar-refractivity contribution in [1.29, 1.82) is 0 Å². The number of aromatic nitrogens is 3. The third-order valence-corrected chi connectivity index (χ3v) is 9.71. The second kappa shape index (κ2) is 14.7. The fraction of sp³-hybridized carbons (Fsp3) is 0.289. The summed E-state index contributed by atoms with van der Waals surface area (Å²) in [5, 5.41) is 7.04. The van der Waals surface area contributed by atoms with Crippen molar-refractivity contribution in [3.05, 3.63) is 131 Å². The van der Waals surface area contributed by atoms with E-state index >= 15 is 0 Å². The highest BCUT2D eigenvalue weighted by atomic mass is 35.5. The Morgan fingerprint density at radius 3 is 2.37 bits per heavy atom. The van der Waals surface area contributed by atoms with E-state index in [9.17, 15) is 18.0 Å². The van der Waals surface area contributed by atoms with Crippen molar-refractivity contribution in [1.82, 2.24) is 14.8 Å². The fourth-order valence-corrected chi connectivity index (χ4v) is 6.98. The molecule has 1 aromatic heterocycles. The standard InChI is InChI=1S/C38H36ClF3N6O3/c1-25-16-31(47-14-12-46(13-15-47)30-6-2-27(3-7-30)37(49)45-35-10-4-28(39)17-34(35)42)8-11-36(25)50-20-26-19-38(51-21-26,22-48-24-43-23-44-48)32-9-5-29(40)18-33(32)41/h2-11,16-18,23-24,26H,12-15,19-22H2,1H3,(H,45,49)/t26-,38+/m1/s1. The maximum Gasteiger partial charge on any atom is 0.255 e. The van der Waals surface area contributed by atoms with Crippen molar-refractivity contribution >= 4 is 34.6 Å². The van der Waals surface area contributed by atoms with Crippen LogP contribution in [0.2, 0.25) is 5.02 Å². The maximum absolute atomic E-state index is 15.0. The first-order valence-electron chi connectivity index (χ1n) is 16.7. The van der Waals surface area contributed by atoms with Gasteiger partial charge in [0.05, 0.1) is 25.4 Å². The van der Waals surface area contributed by atoms with Gasteiger partial charge >= 0.3 is 0 Å². The van der Waals surface area contributed by atoms with Gasteiger partial charge in [-0.25, -0.2) is 22.8 Å². The van der Waals surface area contributed by atoms with Gasteiger partial charge in [-0.15, -0.1) is 0 Å². The molecule has 2 fully saturated rings. The van der Waals surface area contributed by atoms with Crippen LogP contribution in [-0.2, 0) is 16.9 Å². The number of hydrogen-bond acceptors (Lipinski definition) is 7. The molecule has 4 aromatic carbocycles. The lowest BCUT2D eigenvalue weighted by Gasteiger charge is -2.37. The summed E-state index contributed by atoms with van der Waals surface area (Å²) in [6.45, 7) is 6.20. The molecule has 51 heavy (non-hydrogen) atoms. The zero-order valence-corrected chi connectivity index (χ0v) is 28.6. The summed E-state index contributed by atoms with van der Waals surface area (Å²) in [5.41, 5.74) is 2.87. The lowest BCUT2D eigenvalue weighted by molar-refractivity contribution is -0.0206. The summed E-state index contributed by atoms with van der Waals surface area (Å²) in [5.74, 6) is -1.55. The van der Waals surface area contributed by atoms with E-state index in [0.717, 1.165) is 61.0 Å². The van der Waals surface area contributed by atoms with E-state index < -0.39 is 29.0 Å². The van der Waals surface area contributed by atoms with Crippen molar-refractivity contribution in [2.75, 3.05) is 54.5 Å². The molecule has 9 nitrogen and oxygen atoms in total. The maximum atomic E-state index is 15.0. The van der Waals surface area contributed by atoms with Crippen LogP contribution in [0.25, 0.3) is 0 Å². The number of piperazine rings is 1. The summed E-state index contributed by atoms with van der Waals surface area (Å²) in [7, 11) is 0. The quantitative estimate of drug-likeness (QED) is 0.163. The number of hydrogen-bond donors (Lipinski definition) is 1. The Hall–Kier alpha value is -5.07. The number of benzene rings is 4. The first kappa shape index (κ1) is 34.4. The SMILES string of the molecule is Cc1cc(N2CCN(c3ccc(C(=O)Nc4ccc(Cl)cc4F)cc3)CC2)ccc1OC[C@@H]1CO[C@@](Cn2cncn2)(c2ccc(F)cc2F)C1. The number of carbonyl (C=O) groups is 1.